The lowest BCUT2D eigenvalue weighted by molar-refractivity contribution is -0.135. The Morgan fingerprint density at radius 2 is 1.61 bits per heavy atom. The van der Waals surface area contributed by atoms with Gasteiger partial charge in [0.1, 0.15) is 5.82 Å². The van der Waals surface area contributed by atoms with Gasteiger partial charge in [0.2, 0.25) is 5.91 Å². The summed E-state index contributed by atoms with van der Waals surface area (Å²) in [4.78, 5) is 27.8. The molecule has 5 nitrogen and oxygen atoms in total. The Balaban J connectivity index is 1.87. The number of hydrogen-bond donors (Lipinski definition) is 1. The summed E-state index contributed by atoms with van der Waals surface area (Å²) in [6.07, 6.45) is -0.523. The van der Waals surface area contributed by atoms with Crippen LogP contribution in [0.15, 0.2) is 24.3 Å². The number of rotatable bonds is 4. The summed E-state index contributed by atoms with van der Waals surface area (Å²) in [6.45, 7) is 5.54. The first-order chi connectivity index (χ1) is 10.9. The van der Waals surface area contributed by atoms with E-state index in [9.17, 15) is 19.1 Å². The summed E-state index contributed by atoms with van der Waals surface area (Å²) in [5, 5.41) is 9.80. The van der Waals surface area contributed by atoms with Crippen LogP contribution in [-0.2, 0) is 4.79 Å². The van der Waals surface area contributed by atoms with Crippen LogP contribution < -0.4 is 0 Å². The fourth-order valence-corrected chi connectivity index (χ4v) is 2.48. The smallest absolute Gasteiger partial charge is 0.253 e. The van der Waals surface area contributed by atoms with Crippen molar-refractivity contribution in [2.45, 2.75) is 26.4 Å². The van der Waals surface area contributed by atoms with Gasteiger partial charge in [-0.1, -0.05) is 13.8 Å². The van der Waals surface area contributed by atoms with Crippen LogP contribution in [0, 0.1) is 11.7 Å². The Kier molecular flexibility index (Phi) is 5.71. The largest absolute Gasteiger partial charge is 0.392 e. The molecule has 1 heterocycles. The summed E-state index contributed by atoms with van der Waals surface area (Å²) in [6, 6.07) is 5.46. The predicted octanol–water partition coefficient (Wildman–Crippen LogP) is 1.52. The summed E-state index contributed by atoms with van der Waals surface area (Å²) >= 11 is 0. The monoisotopic (exact) mass is 322 g/mol. The molecule has 0 aliphatic carbocycles. The Morgan fingerprint density at radius 3 is 2.13 bits per heavy atom. The van der Waals surface area contributed by atoms with E-state index in [0.29, 0.717) is 31.7 Å². The normalized spacial score (nSPS) is 16.6. The Morgan fingerprint density at radius 1 is 1.09 bits per heavy atom. The van der Waals surface area contributed by atoms with Crippen molar-refractivity contribution in [1.82, 2.24) is 9.80 Å². The highest BCUT2D eigenvalue weighted by molar-refractivity contribution is 5.94. The molecule has 1 saturated heterocycles. The van der Waals surface area contributed by atoms with Crippen molar-refractivity contribution < 1.29 is 19.1 Å². The van der Waals surface area contributed by atoms with Crippen molar-refractivity contribution in [1.29, 1.82) is 0 Å². The summed E-state index contributed by atoms with van der Waals surface area (Å²) in [5.41, 5.74) is 0.446. The third kappa shape index (κ3) is 4.51. The molecule has 23 heavy (non-hydrogen) atoms. The minimum absolute atomic E-state index is 0.0419. The molecule has 1 unspecified atom stereocenters. The van der Waals surface area contributed by atoms with Crippen LogP contribution in [0.4, 0.5) is 4.39 Å². The van der Waals surface area contributed by atoms with E-state index in [0.717, 1.165) is 0 Å². The highest BCUT2D eigenvalue weighted by Crippen LogP contribution is 2.13. The molecule has 0 radical (unpaired) electrons. The van der Waals surface area contributed by atoms with E-state index < -0.39 is 6.10 Å². The summed E-state index contributed by atoms with van der Waals surface area (Å²) in [5.74, 6) is -0.569. The van der Waals surface area contributed by atoms with Crippen LogP contribution in [0.25, 0.3) is 0 Å². The number of nitrogens with zero attached hydrogens (tertiary/aromatic N) is 2. The van der Waals surface area contributed by atoms with Crippen molar-refractivity contribution in [2.75, 3.05) is 26.2 Å². The SMILES string of the molecule is CC(C)C(O)CC(=O)N1CCN(C(=O)c2ccc(F)cc2)CC1. The van der Waals surface area contributed by atoms with Crippen LogP contribution in [0.3, 0.4) is 0 Å². The second-order valence-electron chi connectivity index (χ2n) is 6.20. The lowest BCUT2D eigenvalue weighted by Crippen LogP contribution is -2.51. The molecular formula is C17H23FN2O3. The van der Waals surface area contributed by atoms with E-state index in [2.05, 4.69) is 0 Å². The molecule has 0 saturated carbocycles. The zero-order valence-electron chi connectivity index (χ0n) is 13.5. The Bertz CT molecular complexity index is 551. The third-order valence-corrected chi connectivity index (χ3v) is 4.16. The first-order valence-corrected chi connectivity index (χ1v) is 7.89. The highest BCUT2D eigenvalue weighted by Gasteiger charge is 2.26. The Labute approximate surface area is 135 Å². The maximum absolute atomic E-state index is 12.9. The van der Waals surface area contributed by atoms with Gasteiger partial charge in [0.05, 0.1) is 12.5 Å². The molecule has 1 atom stereocenters. The molecule has 1 aromatic carbocycles. The van der Waals surface area contributed by atoms with Gasteiger partial charge in [-0.15, -0.1) is 0 Å². The van der Waals surface area contributed by atoms with Crippen molar-refractivity contribution in [3.63, 3.8) is 0 Å². The first kappa shape index (κ1) is 17.4. The van der Waals surface area contributed by atoms with E-state index >= 15 is 0 Å². The van der Waals surface area contributed by atoms with Crippen LogP contribution >= 0.6 is 0 Å². The van der Waals surface area contributed by atoms with Crippen molar-refractivity contribution in [2.24, 2.45) is 5.92 Å². The molecule has 126 valence electrons. The molecular weight excluding hydrogens is 299 g/mol. The number of hydrogen-bond acceptors (Lipinski definition) is 3. The number of carbonyl (C=O) groups is 2. The minimum Gasteiger partial charge on any atom is -0.392 e. The molecule has 6 heteroatoms. The van der Waals surface area contributed by atoms with Crippen molar-refractivity contribution in [3.8, 4) is 0 Å². The fourth-order valence-electron chi connectivity index (χ4n) is 2.48. The zero-order chi connectivity index (χ0) is 17.0. The molecule has 2 rings (SSSR count). The highest BCUT2D eigenvalue weighted by atomic mass is 19.1. The molecule has 1 aromatic rings. The number of aliphatic hydroxyl groups excluding tert-OH is 1. The molecule has 0 spiro atoms. The maximum atomic E-state index is 12.9. The molecule has 0 aromatic heterocycles. The predicted molar refractivity (Wildman–Crippen MR) is 84.3 cm³/mol. The second kappa shape index (κ2) is 7.55. The van der Waals surface area contributed by atoms with Gasteiger partial charge in [-0.3, -0.25) is 9.59 Å². The second-order valence-corrected chi connectivity index (χ2v) is 6.20. The number of amides is 2. The molecule has 2 amide bonds. The summed E-state index contributed by atoms with van der Waals surface area (Å²) in [7, 11) is 0. The third-order valence-electron chi connectivity index (χ3n) is 4.16. The minimum atomic E-state index is -0.638. The topological polar surface area (TPSA) is 60.9 Å². The van der Waals surface area contributed by atoms with E-state index in [1.807, 2.05) is 13.8 Å². The van der Waals surface area contributed by atoms with E-state index in [4.69, 9.17) is 0 Å². The van der Waals surface area contributed by atoms with Gasteiger partial charge < -0.3 is 14.9 Å². The van der Waals surface area contributed by atoms with Crippen molar-refractivity contribution in [3.05, 3.63) is 35.6 Å². The lowest BCUT2D eigenvalue weighted by atomic mass is 10.0. The summed E-state index contributed by atoms with van der Waals surface area (Å²) < 4.78 is 12.9. The zero-order valence-corrected chi connectivity index (χ0v) is 13.5. The van der Waals surface area contributed by atoms with Crippen LogP contribution in [0.2, 0.25) is 0 Å². The number of aliphatic hydroxyl groups is 1. The molecule has 1 aliphatic rings. The van der Waals surface area contributed by atoms with E-state index in [-0.39, 0.29) is 30.0 Å². The van der Waals surface area contributed by atoms with Gasteiger partial charge in [0.15, 0.2) is 0 Å². The van der Waals surface area contributed by atoms with Gasteiger partial charge in [0.25, 0.3) is 5.91 Å². The van der Waals surface area contributed by atoms with Crippen LogP contribution in [-0.4, -0.2) is 59.0 Å². The molecule has 0 bridgehead atoms. The van der Waals surface area contributed by atoms with Gasteiger partial charge in [0, 0.05) is 31.7 Å². The molecule has 1 N–H and O–H groups in total. The molecule has 1 aliphatic heterocycles. The number of halogens is 1. The quantitative estimate of drug-likeness (QED) is 0.914. The van der Waals surface area contributed by atoms with Crippen LogP contribution in [0.1, 0.15) is 30.6 Å². The number of piperazine rings is 1. The standard InChI is InChI=1S/C17H23FN2O3/c1-12(2)15(21)11-16(22)19-7-9-20(10-8-19)17(23)13-3-5-14(18)6-4-13/h3-6,12,15,21H,7-11H2,1-2H3. The number of benzene rings is 1. The first-order valence-electron chi connectivity index (χ1n) is 7.89. The van der Waals surface area contributed by atoms with Gasteiger partial charge in [-0.2, -0.15) is 0 Å². The Hall–Kier alpha value is -1.95. The average Bonchev–Trinajstić information content (AvgIpc) is 2.55. The van der Waals surface area contributed by atoms with Gasteiger partial charge >= 0.3 is 0 Å². The average molecular weight is 322 g/mol. The maximum Gasteiger partial charge on any atom is 0.253 e. The van der Waals surface area contributed by atoms with Gasteiger partial charge in [-0.05, 0) is 30.2 Å². The van der Waals surface area contributed by atoms with Gasteiger partial charge in [-0.25, -0.2) is 4.39 Å². The molecule has 1 fully saturated rings. The number of carbonyl (C=O) groups excluding carboxylic acids is 2. The van der Waals surface area contributed by atoms with Crippen molar-refractivity contribution >= 4 is 11.8 Å². The van der Waals surface area contributed by atoms with E-state index in [1.54, 1.807) is 9.80 Å². The van der Waals surface area contributed by atoms with E-state index in [1.165, 1.54) is 24.3 Å². The van der Waals surface area contributed by atoms with Crippen LogP contribution in [0.5, 0.6) is 0 Å². The fraction of sp³-hybridized carbons (Fsp3) is 0.529. The lowest BCUT2D eigenvalue weighted by Gasteiger charge is -2.35.